The van der Waals surface area contributed by atoms with Crippen molar-refractivity contribution in [3.63, 3.8) is 0 Å². The average molecular weight is 233 g/mol. The third kappa shape index (κ3) is 13.8. The van der Waals surface area contributed by atoms with Crippen LogP contribution in [0.2, 0.25) is 0 Å². The van der Waals surface area contributed by atoms with Gasteiger partial charge in [-0.2, -0.15) is 0 Å². The van der Waals surface area contributed by atoms with Crippen LogP contribution < -0.4 is 5.32 Å². The summed E-state index contributed by atoms with van der Waals surface area (Å²) in [6, 6.07) is 0. The summed E-state index contributed by atoms with van der Waals surface area (Å²) in [7, 11) is 0. The van der Waals surface area contributed by atoms with Crippen molar-refractivity contribution < 1.29 is 14.2 Å². The Balaban J connectivity index is 2.83. The van der Waals surface area contributed by atoms with Crippen LogP contribution in [0.15, 0.2) is 0 Å². The number of rotatable bonds is 13. The van der Waals surface area contributed by atoms with Gasteiger partial charge in [0.05, 0.1) is 19.8 Å². The molecule has 0 fully saturated rings. The molecule has 0 aliphatic heterocycles. The minimum atomic E-state index is 0.694. The zero-order chi connectivity index (χ0) is 11.9. The predicted molar refractivity (Wildman–Crippen MR) is 65.9 cm³/mol. The zero-order valence-electron chi connectivity index (χ0n) is 10.8. The molecule has 0 amide bonds. The smallest absolute Gasteiger partial charge is 0.0701 e. The lowest BCUT2D eigenvalue weighted by molar-refractivity contribution is 0.0540. The van der Waals surface area contributed by atoms with Crippen LogP contribution in [-0.4, -0.2) is 52.7 Å². The first-order chi connectivity index (χ1) is 7.91. The Bertz CT molecular complexity index is 109. The van der Waals surface area contributed by atoms with Crippen molar-refractivity contribution >= 4 is 0 Å². The van der Waals surface area contributed by atoms with Gasteiger partial charge in [-0.05, 0) is 33.2 Å². The average Bonchev–Trinajstić information content (AvgIpc) is 2.31. The third-order valence-corrected chi connectivity index (χ3v) is 2.10. The summed E-state index contributed by atoms with van der Waals surface area (Å²) in [6.45, 7) is 10.6. The quantitative estimate of drug-likeness (QED) is 0.489. The van der Waals surface area contributed by atoms with Crippen LogP contribution in [0.4, 0.5) is 0 Å². The summed E-state index contributed by atoms with van der Waals surface area (Å²) in [5, 5.41) is 3.33. The molecule has 0 aromatic carbocycles. The first-order valence-corrected chi connectivity index (χ1v) is 6.35. The standard InChI is InChI=1S/C12H27NO3/c1-3-14-9-6-5-7-13-8-10-16-12-11-15-4-2/h13H,3-12H2,1-2H3. The lowest BCUT2D eigenvalue weighted by atomic mass is 10.3. The summed E-state index contributed by atoms with van der Waals surface area (Å²) in [4.78, 5) is 0. The monoisotopic (exact) mass is 233 g/mol. The van der Waals surface area contributed by atoms with E-state index in [0.717, 1.165) is 45.9 Å². The molecule has 0 aliphatic rings. The molecule has 0 heterocycles. The number of ether oxygens (including phenoxy) is 3. The number of nitrogens with one attached hydrogen (secondary N) is 1. The van der Waals surface area contributed by atoms with Crippen LogP contribution in [0.5, 0.6) is 0 Å². The fraction of sp³-hybridized carbons (Fsp3) is 1.00. The highest BCUT2D eigenvalue weighted by Crippen LogP contribution is 1.88. The Labute approximate surface area is 99.6 Å². The third-order valence-electron chi connectivity index (χ3n) is 2.10. The molecule has 98 valence electrons. The Hall–Kier alpha value is -0.160. The van der Waals surface area contributed by atoms with Crippen LogP contribution in [0.1, 0.15) is 26.7 Å². The molecule has 16 heavy (non-hydrogen) atoms. The van der Waals surface area contributed by atoms with Gasteiger partial charge in [-0.3, -0.25) is 0 Å². The van der Waals surface area contributed by atoms with E-state index in [1.807, 2.05) is 13.8 Å². The summed E-state index contributed by atoms with van der Waals surface area (Å²) in [6.07, 6.45) is 2.30. The molecular weight excluding hydrogens is 206 g/mol. The summed E-state index contributed by atoms with van der Waals surface area (Å²) in [5.74, 6) is 0. The predicted octanol–water partition coefficient (Wildman–Crippen LogP) is 1.45. The highest BCUT2D eigenvalue weighted by atomic mass is 16.5. The van der Waals surface area contributed by atoms with Crippen molar-refractivity contribution in [3.05, 3.63) is 0 Å². The highest BCUT2D eigenvalue weighted by molar-refractivity contribution is 4.47. The maximum atomic E-state index is 5.37. The van der Waals surface area contributed by atoms with E-state index in [-0.39, 0.29) is 0 Å². The van der Waals surface area contributed by atoms with Crippen molar-refractivity contribution in [2.75, 3.05) is 52.7 Å². The molecule has 0 aromatic rings. The summed E-state index contributed by atoms with van der Waals surface area (Å²) in [5.41, 5.74) is 0. The van der Waals surface area contributed by atoms with E-state index in [1.54, 1.807) is 0 Å². The van der Waals surface area contributed by atoms with Crippen molar-refractivity contribution in [2.24, 2.45) is 0 Å². The molecule has 4 heteroatoms. The number of hydrogen-bond acceptors (Lipinski definition) is 4. The second kappa shape index (κ2) is 14.8. The normalized spacial score (nSPS) is 10.9. The second-order valence-corrected chi connectivity index (χ2v) is 3.46. The van der Waals surface area contributed by atoms with Crippen molar-refractivity contribution in [1.82, 2.24) is 5.32 Å². The van der Waals surface area contributed by atoms with E-state index in [4.69, 9.17) is 14.2 Å². The van der Waals surface area contributed by atoms with Crippen LogP contribution in [0.25, 0.3) is 0 Å². The molecule has 0 aromatic heterocycles. The van der Waals surface area contributed by atoms with Crippen molar-refractivity contribution in [1.29, 1.82) is 0 Å². The van der Waals surface area contributed by atoms with E-state index in [2.05, 4.69) is 5.32 Å². The molecule has 1 N–H and O–H groups in total. The van der Waals surface area contributed by atoms with Gasteiger partial charge in [0.25, 0.3) is 0 Å². The Morgan fingerprint density at radius 2 is 1.38 bits per heavy atom. The second-order valence-electron chi connectivity index (χ2n) is 3.46. The maximum Gasteiger partial charge on any atom is 0.0701 e. The topological polar surface area (TPSA) is 39.7 Å². The van der Waals surface area contributed by atoms with Gasteiger partial charge < -0.3 is 19.5 Å². The highest BCUT2D eigenvalue weighted by Gasteiger charge is 1.90. The molecular formula is C12H27NO3. The largest absolute Gasteiger partial charge is 0.382 e. The van der Waals surface area contributed by atoms with Crippen LogP contribution >= 0.6 is 0 Å². The van der Waals surface area contributed by atoms with Gasteiger partial charge in [-0.1, -0.05) is 0 Å². The van der Waals surface area contributed by atoms with Gasteiger partial charge in [-0.25, -0.2) is 0 Å². The Morgan fingerprint density at radius 3 is 2.12 bits per heavy atom. The van der Waals surface area contributed by atoms with E-state index in [9.17, 15) is 0 Å². The van der Waals surface area contributed by atoms with Crippen molar-refractivity contribution in [2.45, 2.75) is 26.7 Å². The summed E-state index contributed by atoms with van der Waals surface area (Å²) >= 11 is 0. The van der Waals surface area contributed by atoms with E-state index >= 15 is 0 Å². The van der Waals surface area contributed by atoms with Gasteiger partial charge in [-0.15, -0.1) is 0 Å². The van der Waals surface area contributed by atoms with E-state index in [1.165, 1.54) is 6.42 Å². The molecule has 0 aliphatic carbocycles. The van der Waals surface area contributed by atoms with Gasteiger partial charge in [0.1, 0.15) is 0 Å². The SMILES string of the molecule is CCOCCCCNCCOCCOCC. The number of hydrogen-bond donors (Lipinski definition) is 1. The summed E-state index contributed by atoms with van der Waals surface area (Å²) < 4.78 is 15.8. The van der Waals surface area contributed by atoms with E-state index in [0.29, 0.717) is 13.2 Å². The van der Waals surface area contributed by atoms with Gasteiger partial charge in [0.2, 0.25) is 0 Å². The molecule has 0 atom stereocenters. The minimum absolute atomic E-state index is 0.694. The van der Waals surface area contributed by atoms with Crippen LogP contribution in [0.3, 0.4) is 0 Å². The lowest BCUT2D eigenvalue weighted by Gasteiger charge is -2.06. The molecule has 0 saturated carbocycles. The minimum Gasteiger partial charge on any atom is -0.382 e. The molecule has 4 nitrogen and oxygen atoms in total. The fourth-order valence-electron chi connectivity index (χ4n) is 1.23. The zero-order valence-corrected chi connectivity index (χ0v) is 10.8. The Kier molecular flexibility index (Phi) is 14.7. The number of unbranched alkanes of at least 4 members (excludes halogenated alkanes) is 1. The molecule has 0 unspecified atom stereocenters. The van der Waals surface area contributed by atoms with Gasteiger partial charge in [0.15, 0.2) is 0 Å². The van der Waals surface area contributed by atoms with Crippen molar-refractivity contribution in [3.8, 4) is 0 Å². The van der Waals surface area contributed by atoms with Gasteiger partial charge >= 0.3 is 0 Å². The maximum absolute atomic E-state index is 5.37. The molecule has 0 radical (unpaired) electrons. The first-order valence-electron chi connectivity index (χ1n) is 6.35. The molecule has 0 rings (SSSR count). The molecule has 0 bridgehead atoms. The van der Waals surface area contributed by atoms with Gasteiger partial charge in [0, 0.05) is 26.4 Å². The fourth-order valence-corrected chi connectivity index (χ4v) is 1.23. The van der Waals surface area contributed by atoms with E-state index < -0.39 is 0 Å². The first kappa shape index (κ1) is 15.8. The molecule has 0 saturated heterocycles. The lowest BCUT2D eigenvalue weighted by Crippen LogP contribution is -2.22. The van der Waals surface area contributed by atoms with Crippen LogP contribution in [-0.2, 0) is 14.2 Å². The molecule has 0 spiro atoms. The van der Waals surface area contributed by atoms with Crippen LogP contribution in [0, 0.1) is 0 Å². The Morgan fingerprint density at radius 1 is 0.688 bits per heavy atom.